The van der Waals surface area contributed by atoms with Gasteiger partial charge in [0.05, 0.1) is 12.6 Å². The van der Waals surface area contributed by atoms with Crippen LogP contribution in [0.5, 0.6) is 0 Å². The van der Waals surface area contributed by atoms with E-state index in [1.165, 1.54) is 5.56 Å². The third-order valence-corrected chi connectivity index (χ3v) is 3.16. The normalized spacial score (nSPS) is 16.8. The van der Waals surface area contributed by atoms with E-state index in [1.54, 1.807) is 0 Å². The fraction of sp³-hybridized carbons (Fsp3) is 0.538. The first-order chi connectivity index (χ1) is 8.36. The summed E-state index contributed by atoms with van der Waals surface area (Å²) in [6.07, 6.45) is 3.70. The molecule has 1 aromatic heterocycles. The lowest BCUT2D eigenvalue weighted by Gasteiger charge is -2.30. The number of aromatic nitrogens is 1. The van der Waals surface area contributed by atoms with Crippen molar-refractivity contribution in [3.8, 4) is 0 Å². The summed E-state index contributed by atoms with van der Waals surface area (Å²) in [6.45, 7) is 8.26. The van der Waals surface area contributed by atoms with Crippen LogP contribution in [0, 0.1) is 0 Å². The van der Waals surface area contributed by atoms with Gasteiger partial charge in [0.1, 0.15) is 5.84 Å². The van der Waals surface area contributed by atoms with Crippen LogP contribution in [0.1, 0.15) is 25.5 Å². The molecule has 4 heteroatoms. The van der Waals surface area contributed by atoms with Gasteiger partial charge in [0.25, 0.3) is 0 Å². The number of nitrogens with one attached hydrogen (secondary N) is 1. The SMILES string of the molecule is CCN(CC)C(C1=NCCN1)c1ccncc1. The molecule has 1 unspecified atom stereocenters. The average molecular weight is 232 g/mol. The second-order valence-corrected chi connectivity index (χ2v) is 4.10. The maximum absolute atomic E-state index is 4.57. The number of amidine groups is 1. The van der Waals surface area contributed by atoms with Gasteiger partial charge in [-0.3, -0.25) is 14.9 Å². The minimum atomic E-state index is 0.246. The summed E-state index contributed by atoms with van der Waals surface area (Å²) in [5.74, 6) is 1.10. The minimum Gasteiger partial charge on any atom is -0.370 e. The van der Waals surface area contributed by atoms with E-state index in [9.17, 15) is 0 Å². The molecule has 1 aliphatic heterocycles. The topological polar surface area (TPSA) is 40.5 Å². The van der Waals surface area contributed by atoms with E-state index < -0.39 is 0 Å². The molecular formula is C13H20N4. The molecule has 1 aromatic rings. The number of nitrogens with zero attached hydrogens (tertiary/aromatic N) is 3. The molecule has 17 heavy (non-hydrogen) atoms. The van der Waals surface area contributed by atoms with Crippen molar-refractivity contribution < 1.29 is 0 Å². The molecule has 0 aromatic carbocycles. The number of hydrogen-bond donors (Lipinski definition) is 1. The first kappa shape index (κ1) is 12.0. The van der Waals surface area contributed by atoms with Crippen molar-refractivity contribution in [1.82, 2.24) is 15.2 Å². The van der Waals surface area contributed by atoms with E-state index in [-0.39, 0.29) is 6.04 Å². The van der Waals surface area contributed by atoms with Gasteiger partial charge < -0.3 is 5.32 Å². The first-order valence-corrected chi connectivity index (χ1v) is 6.29. The zero-order valence-electron chi connectivity index (χ0n) is 10.6. The number of pyridine rings is 1. The van der Waals surface area contributed by atoms with Gasteiger partial charge in [-0.05, 0) is 30.8 Å². The Balaban J connectivity index is 2.29. The molecular weight excluding hydrogens is 212 g/mol. The Morgan fingerprint density at radius 3 is 2.53 bits per heavy atom. The van der Waals surface area contributed by atoms with E-state index in [0.717, 1.165) is 32.0 Å². The Morgan fingerprint density at radius 2 is 2.00 bits per heavy atom. The van der Waals surface area contributed by atoms with Crippen molar-refractivity contribution in [3.63, 3.8) is 0 Å². The van der Waals surface area contributed by atoms with Gasteiger partial charge in [-0.25, -0.2) is 0 Å². The Bertz CT molecular complexity index is 370. The highest BCUT2D eigenvalue weighted by Gasteiger charge is 2.25. The van der Waals surface area contributed by atoms with Crippen LogP contribution in [0.3, 0.4) is 0 Å². The quantitative estimate of drug-likeness (QED) is 0.835. The molecule has 1 aliphatic rings. The van der Waals surface area contributed by atoms with Crippen molar-refractivity contribution >= 4 is 5.84 Å². The first-order valence-electron chi connectivity index (χ1n) is 6.29. The summed E-state index contributed by atoms with van der Waals surface area (Å²) in [5.41, 5.74) is 1.26. The highest BCUT2D eigenvalue weighted by molar-refractivity contribution is 5.89. The fourth-order valence-electron chi connectivity index (χ4n) is 2.28. The van der Waals surface area contributed by atoms with Crippen LogP contribution in [0.2, 0.25) is 0 Å². The lowest BCUT2D eigenvalue weighted by atomic mass is 10.1. The van der Waals surface area contributed by atoms with Gasteiger partial charge in [0, 0.05) is 18.9 Å². The zero-order chi connectivity index (χ0) is 12.1. The summed E-state index contributed by atoms with van der Waals surface area (Å²) >= 11 is 0. The second kappa shape index (κ2) is 5.77. The van der Waals surface area contributed by atoms with Crippen molar-refractivity contribution in [2.75, 3.05) is 26.2 Å². The van der Waals surface area contributed by atoms with E-state index in [1.807, 2.05) is 12.4 Å². The fourth-order valence-corrected chi connectivity index (χ4v) is 2.28. The summed E-state index contributed by atoms with van der Waals surface area (Å²) < 4.78 is 0. The predicted octanol–water partition coefficient (Wildman–Crippen LogP) is 1.47. The van der Waals surface area contributed by atoms with E-state index >= 15 is 0 Å². The molecule has 0 aliphatic carbocycles. The molecule has 0 radical (unpaired) electrons. The smallest absolute Gasteiger partial charge is 0.119 e. The number of likely N-dealkylation sites (N-methyl/N-ethyl adjacent to an activating group) is 1. The molecule has 2 rings (SSSR count). The summed E-state index contributed by atoms with van der Waals surface area (Å²) in [7, 11) is 0. The molecule has 2 heterocycles. The lowest BCUT2D eigenvalue weighted by molar-refractivity contribution is 0.268. The van der Waals surface area contributed by atoms with E-state index in [2.05, 4.69) is 46.2 Å². The summed E-state index contributed by atoms with van der Waals surface area (Å²) in [6, 6.07) is 4.40. The molecule has 0 saturated carbocycles. The largest absolute Gasteiger partial charge is 0.370 e. The van der Waals surface area contributed by atoms with Gasteiger partial charge in [0.15, 0.2) is 0 Å². The molecule has 0 bridgehead atoms. The highest BCUT2D eigenvalue weighted by Crippen LogP contribution is 2.21. The lowest BCUT2D eigenvalue weighted by Crippen LogP contribution is -2.38. The summed E-state index contributed by atoms with van der Waals surface area (Å²) in [5, 5.41) is 3.39. The Hall–Kier alpha value is -1.42. The molecule has 0 fully saturated rings. The standard InChI is InChI=1S/C13H20N4/c1-3-17(4-2)12(13-15-9-10-16-13)11-5-7-14-8-6-11/h5-8,12H,3-4,9-10H2,1-2H3,(H,15,16). The molecule has 4 nitrogen and oxygen atoms in total. The van der Waals surface area contributed by atoms with Crippen LogP contribution in [-0.2, 0) is 0 Å². The van der Waals surface area contributed by atoms with Crippen LogP contribution < -0.4 is 5.32 Å². The molecule has 1 atom stereocenters. The maximum Gasteiger partial charge on any atom is 0.119 e. The molecule has 92 valence electrons. The summed E-state index contributed by atoms with van der Waals surface area (Å²) in [4.78, 5) is 11.1. The van der Waals surface area contributed by atoms with Crippen LogP contribution in [0.25, 0.3) is 0 Å². The highest BCUT2D eigenvalue weighted by atomic mass is 15.2. The molecule has 0 amide bonds. The second-order valence-electron chi connectivity index (χ2n) is 4.10. The maximum atomic E-state index is 4.57. The van der Waals surface area contributed by atoms with Crippen LogP contribution in [0.4, 0.5) is 0 Å². The number of hydrogen-bond acceptors (Lipinski definition) is 4. The van der Waals surface area contributed by atoms with Crippen molar-refractivity contribution in [2.24, 2.45) is 4.99 Å². The van der Waals surface area contributed by atoms with Gasteiger partial charge >= 0.3 is 0 Å². The molecule has 0 spiro atoms. The number of rotatable bonds is 5. The third-order valence-electron chi connectivity index (χ3n) is 3.16. The van der Waals surface area contributed by atoms with Gasteiger partial charge in [-0.1, -0.05) is 13.8 Å². The minimum absolute atomic E-state index is 0.246. The zero-order valence-corrected chi connectivity index (χ0v) is 10.6. The van der Waals surface area contributed by atoms with E-state index in [4.69, 9.17) is 0 Å². The number of aliphatic imine (C=N–C) groups is 1. The predicted molar refractivity (Wildman–Crippen MR) is 70.2 cm³/mol. The van der Waals surface area contributed by atoms with Crippen LogP contribution in [0.15, 0.2) is 29.5 Å². The van der Waals surface area contributed by atoms with Gasteiger partial charge in [-0.2, -0.15) is 0 Å². The van der Waals surface area contributed by atoms with Crippen molar-refractivity contribution in [1.29, 1.82) is 0 Å². The monoisotopic (exact) mass is 232 g/mol. The Labute approximate surface area is 103 Å². The van der Waals surface area contributed by atoms with Crippen LogP contribution in [-0.4, -0.2) is 41.9 Å². The Morgan fingerprint density at radius 1 is 1.29 bits per heavy atom. The van der Waals surface area contributed by atoms with Crippen molar-refractivity contribution in [2.45, 2.75) is 19.9 Å². The third kappa shape index (κ3) is 2.64. The van der Waals surface area contributed by atoms with E-state index in [0.29, 0.717) is 0 Å². The van der Waals surface area contributed by atoms with Gasteiger partial charge in [-0.15, -0.1) is 0 Å². The molecule has 0 saturated heterocycles. The van der Waals surface area contributed by atoms with Crippen LogP contribution >= 0.6 is 0 Å². The van der Waals surface area contributed by atoms with Crippen molar-refractivity contribution in [3.05, 3.63) is 30.1 Å². The molecule has 1 N–H and O–H groups in total. The van der Waals surface area contributed by atoms with Gasteiger partial charge in [0.2, 0.25) is 0 Å². The average Bonchev–Trinajstić information content (AvgIpc) is 2.90. The Kier molecular flexibility index (Phi) is 4.09.